The molecule has 139 valence electrons. The zero-order chi connectivity index (χ0) is 18.7. The van der Waals surface area contributed by atoms with Gasteiger partial charge in [0.25, 0.3) is 0 Å². The fraction of sp³-hybridized carbons (Fsp3) is 0.722. The maximum atomic E-state index is 10.3. The van der Waals surface area contributed by atoms with Crippen molar-refractivity contribution < 1.29 is 14.5 Å². The van der Waals surface area contributed by atoms with Crippen LogP contribution >= 0.6 is 0 Å². The van der Waals surface area contributed by atoms with Crippen molar-refractivity contribution in [3.8, 4) is 0 Å². The number of anilines is 1. The molecular formula is C18H31BN3O3. The predicted molar refractivity (Wildman–Crippen MR) is 102 cm³/mol. The number of aliphatic hydroxyl groups is 1. The van der Waals surface area contributed by atoms with Gasteiger partial charge < -0.3 is 24.7 Å². The van der Waals surface area contributed by atoms with Crippen LogP contribution in [0, 0.1) is 0 Å². The van der Waals surface area contributed by atoms with Gasteiger partial charge in [0.05, 0.1) is 34.9 Å². The Bertz CT molecular complexity index is 569. The minimum atomic E-state index is -0.972. The molecule has 0 aromatic carbocycles. The van der Waals surface area contributed by atoms with Crippen molar-refractivity contribution in [3.05, 3.63) is 18.0 Å². The second kappa shape index (κ2) is 8.04. The molecule has 1 saturated heterocycles. The molecule has 1 aromatic heterocycles. The fourth-order valence-electron chi connectivity index (χ4n) is 2.48. The summed E-state index contributed by atoms with van der Waals surface area (Å²) in [7, 11) is 3.36. The predicted octanol–water partition coefficient (Wildman–Crippen LogP) is 1.01. The van der Waals surface area contributed by atoms with Crippen LogP contribution in [-0.2, 0) is 9.39 Å². The van der Waals surface area contributed by atoms with E-state index in [9.17, 15) is 5.11 Å². The van der Waals surface area contributed by atoms with Crippen molar-refractivity contribution in [1.82, 2.24) is 10.3 Å². The van der Waals surface area contributed by atoms with E-state index in [4.69, 9.17) is 9.39 Å². The molecule has 1 aromatic rings. The first-order chi connectivity index (χ1) is 11.7. The van der Waals surface area contributed by atoms with Crippen LogP contribution < -0.4 is 15.7 Å². The van der Waals surface area contributed by atoms with Crippen molar-refractivity contribution in [2.24, 2.45) is 0 Å². The number of rotatable bonds is 7. The highest BCUT2D eigenvalue weighted by atomic mass is 16.5. The Hall–Kier alpha value is -1.15. The van der Waals surface area contributed by atoms with Gasteiger partial charge in [0.1, 0.15) is 0 Å². The van der Waals surface area contributed by atoms with E-state index >= 15 is 0 Å². The normalized spacial score (nSPS) is 17.5. The van der Waals surface area contributed by atoms with Gasteiger partial charge in [-0.15, -0.1) is 0 Å². The molecule has 1 aliphatic heterocycles. The van der Waals surface area contributed by atoms with Gasteiger partial charge in [-0.2, -0.15) is 0 Å². The van der Waals surface area contributed by atoms with Gasteiger partial charge in [-0.3, -0.25) is 4.98 Å². The summed E-state index contributed by atoms with van der Waals surface area (Å²) in [6.45, 7) is 13.0. The van der Waals surface area contributed by atoms with E-state index in [0.717, 1.165) is 43.0 Å². The van der Waals surface area contributed by atoms with Crippen molar-refractivity contribution in [2.75, 3.05) is 38.2 Å². The lowest BCUT2D eigenvalue weighted by molar-refractivity contribution is -0.0893. The molecule has 1 radical (unpaired) electrons. The molecule has 1 aliphatic rings. The Morgan fingerprint density at radius 3 is 2.48 bits per heavy atom. The number of hydrogen-bond donors (Lipinski definition) is 2. The molecule has 6 nitrogen and oxygen atoms in total. The Morgan fingerprint density at radius 2 is 1.92 bits per heavy atom. The third-order valence-electron chi connectivity index (χ3n) is 5.11. The molecule has 2 rings (SSSR count). The van der Waals surface area contributed by atoms with Crippen LogP contribution in [0.25, 0.3) is 0 Å². The van der Waals surface area contributed by atoms with E-state index in [-0.39, 0.29) is 6.10 Å². The average molecular weight is 348 g/mol. The fourth-order valence-corrected chi connectivity index (χ4v) is 2.48. The first-order valence-electron chi connectivity index (χ1n) is 8.87. The smallest absolute Gasteiger partial charge is 0.332 e. The Labute approximate surface area is 152 Å². The van der Waals surface area contributed by atoms with Gasteiger partial charge in [-0.05, 0) is 46.1 Å². The summed E-state index contributed by atoms with van der Waals surface area (Å²) in [5.74, 6) is 0. The summed E-state index contributed by atoms with van der Waals surface area (Å²) in [6, 6.07) is 2.09. The number of piperazine rings is 1. The number of nitrogens with zero attached hydrogens (tertiary/aromatic N) is 2. The molecule has 0 unspecified atom stereocenters. The zero-order valence-corrected chi connectivity index (χ0v) is 16.3. The monoisotopic (exact) mass is 348 g/mol. The maximum Gasteiger partial charge on any atom is 0.332 e. The molecule has 2 heterocycles. The largest absolute Gasteiger partial charge is 0.427 e. The quantitative estimate of drug-likeness (QED) is 0.717. The Kier molecular flexibility index (Phi) is 6.48. The summed E-state index contributed by atoms with van der Waals surface area (Å²) in [5, 5.41) is 13.7. The van der Waals surface area contributed by atoms with Crippen molar-refractivity contribution in [1.29, 1.82) is 0 Å². The van der Waals surface area contributed by atoms with Gasteiger partial charge in [-0.1, -0.05) is 0 Å². The number of nitrogens with one attached hydrogen (secondary N) is 1. The second-order valence-corrected chi connectivity index (χ2v) is 7.59. The van der Waals surface area contributed by atoms with Crippen LogP contribution in [0.5, 0.6) is 0 Å². The van der Waals surface area contributed by atoms with Crippen molar-refractivity contribution in [3.63, 3.8) is 0 Å². The lowest BCUT2D eigenvalue weighted by Gasteiger charge is -2.38. The third kappa shape index (κ3) is 4.94. The Morgan fingerprint density at radius 1 is 1.28 bits per heavy atom. The minimum absolute atomic E-state index is 0.142. The van der Waals surface area contributed by atoms with E-state index in [2.05, 4.69) is 21.3 Å². The van der Waals surface area contributed by atoms with E-state index in [0.29, 0.717) is 0 Å². The van der Waals surface area contributed by atoms with Gasteiger partial charge in [0.15, 0.2) is 0 Å². The first kappa shape index (κ1) is 20.2. The molecule has 1 fully saturated rings. The summed E-state index contributed by atoms with van der Waals surface area (Å²) in [5.41, 5.74) is 1.08. The molecule has 0 aliphatic carbocycles. The molecule has 0 amide bonds. The van der Waals surface area contributed by atoms with Crippen LogP contribution in [0.2, 0.25) is 0 Å². The molecule has 0 spiro atoms. The van der Waals surface area contributed by atoms with Crippen LogP contribution in [0.15, 0.2) is 12.3 Å². The van der Waals surface area contributed by atoms with Crippen LogP contribution in [-0.4, -0.2) is 62.1 Å². The molecule has 2 N–H and O–H groups in total. The van der Waals surface area contributed by atoms with Gasteiger partial charge >= 0.3 is 7.48 Å². The lowest BCUT2D eigenvalue weighted by Crippen LogP contribution is -2.49. The van der Waals surface area contributed by atoms with Crippen LogP contribution in [0.4, 0.5) is 5.69 Å². The summed E-state index contributed by atoms with van der Waals surface area (Å²) in [4.78, 5) is 6.94. The van der Waals surface area contributed by atoms with Gasteiger partial charge in [-0.25, -0.2) is 0 Å². The molecule has 1 atom stereocenters. The van der Waals surface area contributed by atoms with Crippen LogP contribution in [0.1, 0.15) is 46.4 Å². The molecule has 25 heavy (non-hydrogen) atoms. The van der Waals surface area contributed by atoms with Crippen molar-refractivity contribution in [2.45, 2.75) is 51.9 Å². The molecule has 7 heteroatoms. The highest BCUT2D eigenvalue weighted by molar-refractivity contribution is 6.47. The van der Waals surface area contributed by atoms with Crippen LogP contribution in [0.3, 0.4) is 0 Å². The van der Waals surface area contributed by atoms with E-state index in [1.165, 1.54) is 0 Å². The minimum Gasteiger partial charge on any atom is -0.427 e. The number of pyridine rings is 1. The average Bonchev–Trinajstić information content (AvgIpc) is 2.59. The third-order valence-corrected chi connectivity index (χ3v) is 5.11. The first-order valence-corrected chi connectivity index (χ1v) is 8.87. The van der Waals surface area contributed by atoms with E-state index in [1.807, 2.05) is 27.0 Å². The number of methoxy groups -OCH3 is 1. The van der Waals surface area contributed by atoms with Crippen molar-refractivity contribution >= 4 is 18.6 Å². The summed E-state index contributed by atoms with van der Waals surface area (Å²) < 4.78 is 11.4. The van der Waals surface area contributed by atoms with E-state index in [1.54, 1.807) is 28.4 Å². The molecule has 0 saturated carbocycles. The lowest BCUT2D eigenvalue weighted by atomic mass is 9.80. The standard InChI is InChI=1S/C18H31BN3O3/c1-13(24-6)16-15(19-25-18(4,5)17(2,3)23)11-14(12-21-16)22-9-7-20-8-10-22/h11-13,20,23H,7-10H2,1-6H3/t13-/m0/s1. The molecule has 0 bridgehead atoms. The molecular weight excluding hydrogens is 317 g/mol. The topological polar surface area (TPSA) is 66.9 Å². The zero-order valence-electron chi connectivity index (χ0n) is 16.3. The number of ether oxygens (including phenoxy) is 1. The summed E-state index contributed by atoms with van der Waals surface area (Å²) >= 11 is 0. The number of hydrogen-bond acceptors (Lipinski definition) is 6. The van der Waals surface area contributed by atoms with Gasteiger partial charge in [0, 0.05) is 33.3 Å². The summed E-state index contributed by atoms with van der Waals surface area (Å²) in [6.07, 6.45) is 1.76. The second-order valence-electron chi connectivity index (χ2n) is 7.59. The highest BCUT2D eigenvalue weighted by Gasteiger charge is 2.36. The number of aromatic nitrogens is 1. The SMILES string of the molecule is CO[C@@H](C)c1ncc(N2CCNCC2)cc1[B]OC(C)(C)C(C)(C)O. The van der Waals surface area contributed by atoms with Gasteiger partial charge in [0.2, 0.25) is 0 Å². The Balaban J connectivity index is 2.25. The highest BCUT2D eigenvalue weighted by Crippen LogP contribution is 2.25. The maximum absolute atomic E-state index is 10.3. The van der Waals surface area contributed by atoms with E-state index < -0.39 is 11.2 Å².